The molecule has 0 bridgehead atoms. The number of rotatable bonds is 5. The topological polar surface area (TPSA) is 37.8 Å². The summed E-state index contributed by atoms with van der Waals surface area (Å²) in [6, 6.07) is 0. The standard InChI is InChI=1S/C11H18IN3/c1-4-6-8-10(12)11(13-3)15-9(14-8)7-5-2/h4-7H2,1-3H3,(H,13,14,15). The Balaban J connectivity index is 3.07. The summed E-state index contributed by atoms with van der Waals surface area (Å²) < 4.78 is 1.16. The van der Waals surface area contributed by atoms with Gasteiger partial charge in [-0.25, -0.2) is 9.97 Å². The van der Waals surface area contributed by atoms with E-state index >= 15 is 0 Å². The van der Waals surface area contributed by atoms with Crippen molar-refractivity contribution < 1.29 is 0 Å². The van der Waals surface area contributed by atoms with Crippen molar-refractivity contribution in [1.82, 2.24) is 9.97 Å². The van der Waals surface area contributed by atoms with Crippen molar-refractivity contribution in [3.63, 3.8) is 0 Å². The van der Waals surface area contributed by atoms with E-state index < -0.39 is 0 Å². The second-order valence-electron chi connectivity index (χ2n) is 3.50. The molecule has 0 aliphatic heterocycles. The van der Waals surface area contributed by atoms with E-state index in [0.717, 1.165) is 40.9 Å². The Hall–Kier alpha value is -0.390. The zero-order valence-corrected chi connectivity index (χ0v) is 11.8. The summed E-state index contributed by atoms with van der Waals surface area (Å²) in [5.74, 6) is 1.93. The van der Waals surface area contributed by atoms with Gasteiger partial charge in [0.2, 0.25) is 0 Å². The van der Waals surface area contributed by atoms with Gasteiger partial charge in [-0.1, -0.05) is 20.3 Å². The van der Waals surface area contributed by atoms with Crippen molar-refractivity contribution in [2.45, 2.75) is 39.5 Å². The van der Waals surface area contributed by atoms with Crippen LogP contribution in [0, 0.1) is 3.57 Å². The highest BCUT2D eigenvalue weighted by Crippen LogP contribution is 2.20. The fourth-order valence-corrected chi connectivity index (χ4v) is 2.23. The third kappa shape index (κ3) is 3.29. The Morgan fingerprint density at radius 1 is 1.13 bits per heavy atom. The first-order chi connectivity index (χ1) is 7.22. The Morgan fingerprint density at radius 3 is 2.33 bits per heavy atom. The van der Waals surface area contributed by atoms with Crippen LogP contribution in [0.15, 0.2) is 0 Å². The van der Waals surface area contributed by atoms with Crippen LogP contribution in [-0.4, -0.2) is 17.0 Å². The molecule has 3 nitrogen and oxygen atoms in total. The summed E-state index contributed by atoms with van der Waals surface area (Å²) in [7, 11) is 1.91. The molecule has 15 heavy (non-hydrogen) atoms. The minimum Gasteiger partial charge on any atom is -0.372 e. The highest BCUT2D eigenvalue weighted by molar-refractivity contribution is 14.1. The Kier molecular flexibility index (Phi) is 5.28. The number of hydrogen-bond acceptors (Lipinski definition) is 3. The van der Waals surface area contributed by atoms with Gasteiger partial charge in [-0.3, -0.25) is 0 Å². The van der Waals surface area contributed by atoms with Crippen LogP contribution in [0.25, 0.3) is 0 Å². The molecule has 1 N–H and O–H groups in total. The number of hydrogen-bond donors (Lipinski definition) is 1. The van der Waals surface area contributed by atoms with Crippen LogP contribution in [0.2, 0.25) is 0 Å². The molecular weight excluding hydrogens is 301 g/mol. The number of anilines is 1. The number of nitrogens with one attached hydrogen (secondary N) is 1. The van der Waals surface area contributed by atoms with E-state index in [1.807, 2.05) is 7.05 Å². The number of aryl methyl sites for hydroxylation is 2. The van der Waals surface area contributed by atoms with Crippen molar-refractivity contribution in [1.29, 1.82) is 0 Å². The maximum atomic E-state index is 4.60. The lowest BCUT2D eigenvalue weighted by molar-refractivity contribution is 0.790. The molecule has 1 heterocycles. The van der Waals surface area contributed by atoms with Gasteiger partial charge in [0, 0.05) is 13.5 Å². The Labute approximate surface area is 105 Å². The summed E-state index contributed by atoms with van der Waals surface area (Å²) in [6.45, 7) is 4.33. The van der Waals surface area contributed by atoms with Gasteiger partial charge < -0.3 is 5.32 Å². The molecule has 84 valence electrons. The maximum Gasteiger partial charge on any atom is 0.143 e. The summed E-state index contributed by atoms with van der Waals surface area (Å²) in [6.07, 6.45) is 4.21. The smallest absolute Gasteiger partial charge is 0.143 e. The number of halogens is 1. The van der Waals surface area contributed by atoms with E-state index in [0.29, 0.717) is 0 Å². The fourth-order valence-electron chi connectivity index (χ4n) is 1.45. The molecule has 0 unspecified atom stereocenters. The molecule has 0 atom stereocenters. The predicted octanol–water partition coefficient (Wildman–Crippen LogP) is 3.03. The SMILES string of the molecule is CCCc1nc(CCC)c(I)c(NC)n1. The van der Waals surface area contributed by atoms with Gasteiger partial charge in [-0.05, 0) is 35.4 Å². The van der Waals surface area contributed by atoms with E-state index in [4.69, 9.17) is 0 Å². The highest BCUT2D eigenvalue weighted by Gasteiger charge is 2.09. The molecule has 0 saturated heterocycles. The van der Waals surface area contributed by atoms with Gasteiger partial charge in [-0.2, -0.15) is 0 Å². The molecule has 0 aliphatic rings. The first-order valence-electron chi connectivity index (χ1n) is 5.45. The van der Waals surface area contributed by atoms with Gasteiger partial charge in [0.15, 0.2) is 0 Å². The van der Waals surface area contributed by atoms with E-state index in [1.54, 1.807) is 0 Å². The summed E-state index contributed by atoms with van der Waals surface area (Å²) in [5, 5.41) is 3.13. The van der Waals surface area contributed by atoms with Gasteiger partial charge in [-0.15, -0.1) is 0 Å². The van der Waals surface area contributed by atoms with E-state index in [2.05, 4.69) is 51.7 Å². The van der Waals surface area contributed by atoms with E-state index in [1.165, 1.54) is 5.69 Å². The summed E-state index contributed by atoms with van der Waals surface area (Å²) >= 11 is 2.32. The predicted molar refractivity (Wildman–Crippen MR) is 72.3 cm³/mol. The number of nitrogens with zero attached hydrogens (tertiary/aromatic N) is 2. The van der Waals surface area contributed by atoms with Crippen LogP contribution in [0.1, 0.15) is 38.2 Å². The summed E-state index contributed by atoms with van der Waals surface area (Å²) in [4.78, 5) is 9.10. The monoisotopic (exact) mass is 319 g/mol. The van der Waals surface area contributed by atoms with Crippen molar-refractivity contribution in [3.05, 3.63) is 15.1 Å². The van der Waals surface area contributed by atoms with Crippen LogP contribution < -0.4 is 5.32 Å². The van der Waals surface area contributed by atoms with Crippen molar-refractivity contribution in [3.8, 4) is 0 Å². The Bertz CT molecular complexity index is 326. The molecule has 0 aliphatic carbocycles. The second kappa shape index (κ2) is 6.25. The first kappa shape index (κ1) is 12.7. The van der Waals surface area contributed by atoms with Crippen molar-refractivity contribution in [2.24, 2.45) is 0 Å². The third-order valence-corrected chi connectivity index (χ3v) is 3.30. The first-order valence-corrected chi connectivity index (χ1v) is 6.53. The van der Waals surface area contributed by atoms with Gasteiger partial charge in [0.25, 0.3) is 0 Å². The van der Waals surface area contributed by atoms with Crippen LogP contribution in [0.5, 0.6) is 0 Å². The van der Waals surface area contributed by atoms with Crippen LogP contribution >= 0.6 is 22.6 Å². The molecule has 1 aromatic heterocycles. The quantitative estimate of drug-likeness (QED) is 0.848. The minimum absolute atomic E-state index is 0.961. The fraction of sp³-hybridized carbons (Fsp3) is 0.636. The van der Waals surface area contributed by atoms with Gasteiger partial charge in [0.1, 0.15) is 11.6 Å². The molecule has 4 heteroatoms. The van der Waals surface area contributed by atoms with Crippen LogP contribution in [-0.2, 0) is 12.8 Å². The Morgan fingerprint density at radius 2 is 1.80 bits per heavy atom. The second-order valence-corrected chi connectivity index (χ2v) is 4.58. The van der Waals surface area contributed by atoms with Gasteiger partial charge >= 0.3 is 0 Å². The molecular formula is C11H18IN3. The largest absolute Gasteiger partial charge is 0.372 e. The number of aromatic nitrogens is 2. The zero-order valence-electron chi connectivity index (χ0n) is 9.60. The van der Waals surface area contributed by atoms with Gasteiger partial charge in [0.05, 0.1) is 9.26 Å². The zero-order chi connectivity index (χ0) is 11.3. The molecule has 0 amide bonds. The molecule has 0 aromatic carbocycles. The third-order valence-electron chi connectivity index (χ3n) is 2.16. The van der Waals surface area contributed by atoms with Crippen molar-refractivity contribution in [2.75, 3.05) is 12.4 Å². The van der Waals surface area contributed by atoms with Crippen LogP contribution in [0.3, 0.4) is 0 Å². The summed E-state index contributed by atoms with van der Waals surface area (Å²) in [5.41, 5.74) is 1.18. The lowest BCUT2D eigenvalue weighted by atomic mass is 10.2. The molecule has 0 fully saturated rings. The lowest BCUT2D eigenvalue weighted by Gasteiger charge is -2.10. The minimum atomic E-state index is 0.961. The average molecular weight is 319 g/mol. The van der Waals surface area contributed by atoms with Crippen molar-refractivity contribution >= 4 is 28.4 Å². The molecule has 1 aromatic rings. The van der Waals surface area contributed by atoms with E-state index in [-0.39, 0.29) is 0 Å². The maximum absolute atomic E-state index is 4.60. The normalized spacial score (nSPS) is 10.4. The molecule has 0 spiro atoms. The highest BCUT2D eigenvalue weighted by atomic mass is 127. The molecule has 0 radical (unpaired) electrons. The molecule has 0 saturated carbocycles. The molecule has 1 rings (SSSR count). The van der Waals surface area contributed by atoms with E-state index in [9.17, 15) is 0 Å². The average Bonchev–Trinajstić information content (AvgIpc) is 2.23. The lowest BCUT2D eigenvalue weighted by Crippen LogP contribution is -2.07. The van der Waals surface area contributed by atoms with Crippen LogP contribution in [0.4, 0.5) is 5.82 Å².